The molecular formula is C58H55NO. The van der Waals surface area contributed by atoms with Crippen molar-refractivity contribution in [3.05, 3.63) is 187 Å². The van der Waals surface area contributed by atoms with Gasteiger partial charge < -0.3 is 9.32 Å². The molecule has 9 rings (SSSR count). The Morgan fingerprint density at radius 2 is 0.900 bits per heavy atom. The van der Waals surface area contributed by atoms with Crippen molar-refractivity contribution < 1.29 is 4.42 Å². The summed E-state index contributed by atoms with van der Waals surface area (Å²) in [6, 6.07) is 62.6. The zero-order chi connectivity index (χ0) is 42.0. The van der Waals surface area contributed by atoms with Gasteiger partial charge in [-0.25, -0.2) is 0 Å². The van der Waals surface area contributed by atoms with Gasteiger partial charge in [0.2, 0.25) is 0 Å². The Kier molecular flexibility index (Phi) is 9.59. The number of furan rings is 1. The van der Waals surface area contributed by atoms with Crippen molar-refractivity contribution in [1.29, 1.82) is 0 Å². The molecule has 0 fully saturated rings. The normalized spacial score (nSPS) is 12.4. The number of para-hydroxylation sites is 3. The number of nitrogens with zero attached hydrogens (tertiary/aromatic N) is 1. The average molecular weight is 782 g/mol. The largest absolute Gasteiger partial charge is 0.456 e. The monoisotopic (exact) mass is 781 g/mol. The Morgan fingerprint density at radius 1 is 0.367 bits per heavy atom. The molecule has 0 atom stereocenters. The smallest absolute Gasteiger partial charge is 0.137 e. The molecule has 1 heterocycles. The van der Waals surface area contributed by atoms with Crippen molar-refractivity contribution >= 4 is 49.8 Å². The van der Waals surface area contributed by atoms with Gasteiger partial charge in [0.05, 0.1) is 11.4 Å². The van der Waals surface area contributed by atoms with Crippen LogP contribution >= 0.6 is 0 Å². The van der Waals surface area contributed by atoms with Crippen LogP contribution in [0.3, 0.4) is 0 Å². The van der Waals surface area contributed by atoms with E-state index in [2.05, 4.69) is 231 Å². The van der Waals surface area contributed by atoms with E-state index in [1.54, 1.807) is 0 Å². The van der Waals surface area contributed by atoms with E-state index in [9.17, 15) is 0 Å². The summed E-state index contributed by atoms with van der Waals surface area (Å²) < 4.78 is 6.55. The van der Waals surface area contributed by atoms with Gasteiger partial charge in [0, 0.05) is 33.7 Å². The van der Waals surface area contributed by atoms with E-state index >= 15 is 0 Å². The standard InChI is InChI=1S/C58H55NO/c1-56(2,3)41-30-28-38(29-31-41)45-20-10-13-25-51(45)59(44-32-33-49-48-22-12-15-27-53(48)60-54(49)37-44)52-26-14-11-21-47(52)50-24-17-19-39-18-16-23-46(55(39)50)40-34-42(57(4,5)6)36-43(35-40)58(7,8)9/h10-37H,1-9H3. The van der Waals surface area contributed by atoms with Gasteiger partial charge in [0.1, 0.15) is 11.2 Å². The molecule has 9 aromatic rings. The maximum absolute atomic E-state index is 6.55. The van der Waals surface area contributed by atoms with E-state index in [-0.39, 0.29) is 16.2 Å². The Labute approximate surface area is 356 Å². The summed E-state index contributed by atoms with van der Waals surface area (Å²) in [5, 5.41) is 4.70. The summed E-state index contributed by atoms with van der Waals surface area (Å²) in [5.74, 6) is 0. The molecule has 0 aliphatic heterocycles. The first-order valence-corrected chi connectivity index (χ1v) is 21.3. The van der Waals surface area contributed by atoms with Crippen LogP contribution in [0.5, 0.6) is 0 Å². The summed E-state index contributed by atoms with van der Waals surface area (Å²) in [6.07, 6.45) is 0. The van der Waals surface area contributed by atoms with Crippen LogP contribution in [0.2, 0.25) is 0 Å². The van der Waals surface area contributed by atoms with Gasteiger partial charge in [0.15, 0.2) is 0 Å². The lowest BCUT2D eigenvalue weighted by Crippen LogP contribution is -2.16. The Hall–Kier alpha value is -6.38. The summed E-state index contributed by atoms with van der Waals surface area (Å²) in [7, 11) is 0. The fourth-order valence-corrected chi connectivity index (χ4v) is 8.68. The molecule has 0 N–H and O–H groups in total. The van der Waals surface area contributed by atoms with Gasteiger partial charge in [0.25, 0.3) is 0 Å². The average Bonchev–Trinajstić information content (AvgIpc) is 3.61. The number of rotatable bonds is 6. The van der Waals surface area contributed by atoms with Crippen LogP contribution in [-0.2, 0) is 16.2 Å². The van der Waals surface area contributed by atoms with Crippen molar-refractivity contribution in [3.8, 4) is 33.4 Å². The molecule has 0 amide bonds. The van der Waals surface area contributed by atoms with Crippen molar-refractivity contribution in [3.63, 3.8) is 0 Å². The fraction of sp³-hybridized carbons (Fsp3) is 0.207. The highest BCUT2D eigenvalue weighted by molar-refractivity contribution is 6.10. The van der Waals surface area contributed by atoms with E-state index in [1.165, 1.54) is 49.7 Å². The van der Waals surface area contributed by atoms with Gasteiger partial charge in [-0.3, -0.25) is 0 Å². The molecular weight excluding hydrogens is 727 g/mol. The van der Waals surface area contributed by atoms with E-state index in [1.807, 2.05) is 6.07 Å². The molecule has 60 heavy (non-hydrogen) atoms. The lowest BCUT2D eigenvalue weighted by molar-refractivity contribution is 0.569. The predicted molar refractivity (Wildman–Crippen MR) is 258 cm³/mol. The molecule has 0 saturated carbocycles. The van der Waals surface area contributed by atoms with Crippen molar-refractivity contribution in [2.75, 3.05) is 4.90 Å². The summed E-state index contributed by atoms with van der Waals surface area (Å²) in [5.41, 5.74) is 16.2. The van der Waals surface area contributed by atoms with E-state index in [4.69, 9.17) is 4.42 Å². The van der Waals surface area contributed by atoms with Crippen LogP contribution < -0.4 is 4.90 Å². The molecule has 2 heteroatoms. The van der Waals surface area contributed by atoms with E-state index in [0.717, 1.165) is 50.1 Å². The zero-order valence-electron chi connectivity index (χ0n) is 36.5. The quantitative estimate of drug-likeness (QED) is 0.167. The van der Waals surface area contributed by atoms with E-state index in [0.29, 0.717) is 0 Å². The fourth-order valence-electron chi connectivity index (χ4n) is 8.68. The molecule has 298 valence electrons. The number of fused-ring (bicyclic) bond motifs is 4. The molecule has 0 aliphatic rings. The molecule has 8 aromatic carbocycles. The maximum Gasteiger partial charge on any atom is 0.137 e. The summed E-state index contributed by atoms with van der Waals surface area (Å²) in [6.45, 7) is 20.7. The number of hydrogen-bond donors (Lipinski definition) is 0. The first-order valence-electron chi connectivity index (χ1n) is 21.3. The second kappa shape index (κ2) is 14.7. The molecule has 2 nitrogen and oxygen atoms in total. The zero-order valence-corrected chi connectivity index (χ0v) is 36.5. The highest BCUT2D eigenvalue weighted by Crippen LogP contribution is 2.48. The minimum absolute atomic E-state index is 0.00206. The first-order chi connectivity index (χ1) is 28.6. The van der Waals surface area contributed by atoms with Crippen LogP contribution in [-0.4, -0.2) is 0 Å². The third-order valence-electron chi connectivity index (χ3n) is 12.1. The number of benzene rings is 8. The van der Waals surface area contributed by atoms with Gasteiger partial charge in [-0.05, 0) is 96.3 Å². The van der Waals surface area contributed by atoms with Crippen molar-refractivity contribution in [2.45, 2.75) is 78.6 Å². The van der Waals surface area contributed by atoms with Crippen molar-refractivity contribution in [2.24, 2.45) is 0 Å². The molecule has 0 saturated heterocycles. The summed E-state index contributed by atoms with van der Waals surface area (Å²) >= 11 is 0. The van der Waals surface area contributed by atoms with Crippen LogP contribution in [0, 0.1) is 0 Å². The molecule has 1 aromatic heterocycles. The van der Waals surface area contributed by atoms with Crippen LogP contribution in [0.1, 0.15) is 79.0 Å². The minimum atomic E-state index is -0.00206. The van der Waals surface area contributed by atoms with Crippen LogP contribution in [0.4, 0.5) is 17.1 Å². The second-order valence-electron chi connectivity index (χ2n) is 19.5. The van der Waals surface area contributed by atoms with Gasteiger partial charge in [-0.2, -0.15) is 0 Å². The SMILES string of the molecule is CC(C)(C)c1ccc(-c2ccccc2N(c2ccc3c(c2)oc2ccccc23)c2ccccc2-c2cccc3cccc(-c4cc(C(C)(C)C)cc(C(C)(C)C)c4)c23)cc1. The lowest BCUT2D eigenvalue weighted by Gasteiger charge is -2.30. The third kappa shape index (κ3) is 7.19. The topological polar surface area (TPSA) is 16.4 Å². The third-order valence-corrected chi connectivity index (χ3v) is 12.1. The molecule has 0 bridgehead atoms. The first kappa shape index (κ1) is 39.1. The van der Waals surface area contributed by atoms with E-state index < -0.39 is 0 Å². The van der Waals surface area contributed by atoms with Gasteiger partial charge in [-0.1, -0.05) is 196 Å². The second-order valence-corrected chi connectivity index (χ2v) is 19.5. The molecule has 0 aliphatic carbocycles. The highest BCUT2D eigenvalue weighted by atomic mass is 16.3. The lowest BCUT2D eigenvalue weighted by atomic mass is 9.78. The van der Waals surface area contributed by atoms with Gasteiger partial charge >= 0.3 is 0 Å². The minimum Gasteiger partial charge on any atom is -0.456 e. The summed E-state index contributed by atoms with van der Waals surface area (Å²) in [4.78, 5) is 2.44. The highest BCUT2D eigenvalue weighted by Gasteiger charge is 2.25. The van der Waals surface area contributed by atoms with Gasteiger partial charge in [-0.15, -0.1) is 0 Å². The Bertz CT molecular complexity index is 2990. The molecule has 0 radical (unpaired) electrons. The Balaban J connectivity index is 1.31. The molecule has 0 spiro atoms. The number of hydrogen-bond acceptors (Lipinski definition) is 2. The predicted octanol–water partition coefficient (Wildman–Crippen LogP) is 17.1. The van der Waals surface area contributed by atoms with Crippen molar-refractivity contribution in [1.82, 2.24) is 0 Å². The maximum atomic E-state index is 6.55. The van der Waals surface area contributed by atoms with Crippen LogP contribution in [0.25, 0.3) is 66.1 Å². The number of anilines is 3. The van der Waals surface area contributed by atoms with Crippen LogP contribution in [0.15, 0.2) is 174 Å². The molecule has 0 unspecified atom stereocenters. The Morgan fingerprint density at radius 3 is 1.55 bits per heavy atom.